The first kappa shape index (κ1) is 15.7. The molecule has 0 radical (unpaired) electrons. The third-order valence-corrected chi connectivity index (χ3v) is 2.83. The van der Waals surface area contributed by atoms with Gasteiger partial charge in [-0.05, 0) is 24.8 Å². The Morgan fingerprint density at radius 2 is 1.79 bits per heavy atom. The summed E-state index contributed by atoms with van der Waals surface area (Å²) in [5.41, 5.74) is 5.79. The molecule has 1 aromatic heterocycles. The molecular formula is C14H27N5. The van der Waals surface area contributed by atoms with Gasteiger partial charge in [0.05, 0.1) is 0 Å². The average Bonchev–Trinajstić information content (AvgIpc) is 2.34. The third-order valence-electron chi connectivity index (χ3n) is 2.83. The van der Waals surface area contributed by atoms with Crippen molar-refractivity contribution in [2.24, 2.45) is 17.1 Å². The second-order valence-corrected chi connectivity index (χ2v) is 6.18. The maximum Gasteiger partial charge on any atom is 0.131 e. The van der Waals surface area contributed by atoms with Gasteiger partial charge in [0.2, 0.25) is 0 Å². The van der Waals surface area contributed by atoms with Crippen LogP contribution in [0.2, 0.25) is 0 Å². The fourth-order valence-corrected chi connectivity index (χ4v) is 1.46. The first-order valence-electron chi connectivity index (χ1n) is 6.86. The quantitative estimate of drug-likeness (QED) is 0.705. The molecule has 5 nitrogen and oxygen atoms in total. The molecule has 4 N–H and O–H groups in total. The summed E-state index contributed by atoms with van der Waals surface area (Å²) in [5.74, 6) is 3.07. The van der Waals surface area contributed by atoms with E-state index >= 15 is 0 Å². The Morgan fingerprint density at radius 3 is 2.32 bits per heavy atom. The van der Waals surface area contributed by atoms with Gasteiger partial charge < -0.3 is 16.4 Å². The number of nitrogens with one attached hydrogen (secondary N) is 2. The smallest absolute Gasteiger partial charge is 0.131 e. The summed E-state index contributed by atoms with van der Waals surface area (Å²) in [4.78, 5) is 8.78. The molecule has 0 aliphatic rings. The van der Waals surface area contributed by atoms with Gasteiger partial charge in [0.25, 0.3) is 0 Å². The van der Waals surface area contributed by atoms with Crippen molar-refractivity contribution < 1.29 is 0 Å². The molecule has 108 valence electrons. The van der Waals surface area contributed by atoms with Crippen LogP contribution in [0.15, 0.2) is 6.07 Å². The van der Waals surface area contributed by atoms with Crippen molar-refractivity contribution in [2.75, 3.05) is 30.3 Å². The monoisotopic (exact) mass is 265 g/mol. The van der Waals surface area contributed by atoms with Crippen LogP contribution in [-0.2, 0) is 0 Å². The lowest BCUT2D eigenvalue weighted by Crippen LogP contribution is -2.31. The summed E-state index contributed by atoms with van der Waals surface area (Å²) in [5, 5.41) is 6.65. The molecule has 0 aliphatic carbocycles. The minimum Gasteiger partial charge on any atom is -0.370 e. The first-order chi connectivity index (χ1) is 8.82. The Hall–Kier alpha value is -1.36. The predicted octanol–water partition coefficient (Wildman–Crippen LogP) is 2.25. The van der Waals surface area contributed by atoms with Crippen molar-refractivity contribution in [3.63, 3.8) is 0 Å². The number of rotatable bonds is 7. The fraction of sp³-hybridized carbons (Fsp3) is 0.714. The van der Waals surface area contributed by atoms with E-state index in [1.165, 1.54) is 0 Å². The van der Waals surface area contributed by atoms with E-state index < -0.39 is 0 Å². The minimum absolute atomic E-state index is 0.0599. The first-order valence-corrected chi connectivity index (χ1v) is 6.86. The molecule has 0 saturated heterocycles. The molecule has 1 heterocycles. The Kier molecular flexibility index (Phi) is 5.54. The van der Waals surface area contributed by atoms with E-state index in [-0.39, 0.29) is 5.41 Å². The summed E-state index contributed by atoms with van der Waals surface area (Å²) >= 11 is 0. The molecule has 1 rings (SSSR count). The summed E-state index contributed by atoms with van der Waals surface area (Å²) in [6, 6.07) is 1.95. The number of nitrogens with zero attached hydrogens (tertiary/aromatic N) is 2. The Morgan fingerprint density at radius 1 is 1.21 bits per heavy atom. The molecule has 0 aliphatic heterocycles. The molecule has 0 bridgehead atoms. The zero-order valence-electron chi connectivity index (χ0n) is 12.7. The second kappa shape index (κ2) is 6.70. The standard InChI is InChI=1S/C14H27N5/c1-10(2)7-16-12-6-13(19-11(3)18-12)17-9-14(4,5)8-15/h6,10H,7-9,15H2,1-5H3,(H2,16,17,18,19). The van der Waals surface area contributed by atoms with Crippen LogP contribution in [0.5, 0.6) is 0 Å². The van der Waals surface area contributed by atoms with E-state index in [2.05, 4.69) is 48.3 Å². The van der Waals surface area contributed by atoms with Gasteiger partial charge in [0.15, 0.2) is 0 Å². The van der Waals surface area contributed by atoms with E-state index in [9.17, 15) is 0 Å². The summed E-state index contributed by atoms with van der Waals surface area (Å²) in [6.45, 7) is 12.8. The molecule has 0 amide bonds. The molecule has 0 saturated carbocycles. The molecule has 0 unspecified atom stereocenters. The van der Waals surface area contributed by atoms with Crippen molar-refractivity contribution in [3.05, 3.63) is 11.9 Å². The van der Waals surface area contributed by atoms with E-state index in [1.54, 1.807) is 0 Å². The Balaban J connectivity index is 2.68. The number of hydrogen-bond donors (Lipinski definition) is 3. The molecule has 0 aromatic carbocycles. The summed E-state index contributed by atoms with van der Waals surface area (Å²) in [7, 11) is 0. The second-order valence-electron chi connectivity index (χ2n) is 6.18. The summed E-state index contributed by atoms with van der Waals surface area (Å²) < 4.78 is 0. The van der Waals surface area contributed by atoms with Crippen LogP contribution in [0.3, 0.4) is 0 Å². The molecule has 0 spiro atoms. The number of hydrogen-bond acceptors (Lipinski definition) is 5. The van der Waals surface area contributed by atoms with Gasteiger partial charge in [0.1, 0.15) is 17.5 Å². The van der Waals surface area contributed by atoms with Crippen molar-refractivity contribution in [2.45, 2.75) is 34.6 Å². The maximum absolute atomic E-state index is 5.73. The highest BCUT2D eigenvalue weighted by Crippen LogP contribution is 2.16. The SMILES string of the molecule is Cc1nc(NCC(C)C)cc(NCC(C)(C)CN)n1. The van der Waals surface area contributed by atoms with Gasteiger partial charge in [-0.3, -0.25) is 0 Å². The third kappa shape index (κ3) is 5.87. The lowest BCUT2D eigenvalue weighted by Gasteiger charge is -2.23. The van der Waals surface area contributed by atoms with Gasteiger partial charge in [-0.1, -0.05) is 27.7 Å². The van der Waals surface area contributed by atoms with Crippen molar-refractivity contribution in [3.8, 4) is 0 Å². The van der Waals surface area contributed by atoms with E-state index in [0.717, 1.165) is 30.5 Å². The van der Waals surface area contributed by atoms with E-state index in [4.69, 9.17) is 5.73 Å². The molecule has 5 heteroatoms. The fourth-order valence-electron chi connectivity index (χ4n) is 1.46. The van der Waals surface area contributed by atoms with Gasteiger partial charge in [-0.25, -0.2) is 9.97 Å². The highest BCUT2D eigenvalue weighted by molar-refractivity contribution is 5.47. The lowest BCUT2D eigenvalue weighted by molar-refractivity contribution is 0.405. The minimum atomic E-state index is 0.0599. The van der Waals surface area contributed by atoms with Crippen molar-refractivity contribution in [1.82, 2.24) is 9.97 Å². The van der Waals surface area contributed by atoms with Gasteiger partial charge in [-0.2, -0.15) is 0 Å². The Labute approximate surface area is 116 Å². The van der Waals surface area contributed by atoms with Crippen LogP contribution in [0.4, 0.5) is 11.6 Å². The summed E-state index contributed by atoms with van der Waals surface area (Å²) in [6.07, 6.45) is 0. The molecule has 19 heavy (non-hydrogen) atoms. The van der Waals surface area contributed by atoms with Crippen LogP contribution in [0.1, 0.15) is 33.5 Å². The van der Waals surface area contributed by atoms with Crippen LogP contribution in [0, 0.1) is 18.3 Å². The average molecular weight is 265 g/mol. The topological polar surface area (TPSA) is 75.9 Å². The number of anilines is 2. The van der Waals surface area contributed by atoms with Crippen LogP contribution >= 0.6 is 0 Å². The van der Waals surface area contributed by atoms with Crippen molar-refractivity contribution in [1.29, 1.82) is 0 Å². The lowest BCUT2D eigenvalue weighted by atomic mass is 9.94. The highest BCUT2D eigenvalue weighted by Gasteiger charge is 2.15. The van der Waals surface area contributed by atoms with Gasteiger partial charge in [-0.15, -0.1) is 0 Å². The number of aromatic nitrogens is 2. The molecule has 0 fully saturated rings. The zero-order valence-corrected chi connectivity index (χ0v) is 12.7. The van der Waals surface area contributed by atoms with E-state index in [1.807, 2.05) is 13.0 Å². The van der Waals surface area contributed by atoms with Gasteiger partial charge in [0, 0.05) is 19.2 Å². The van der Waals surface area contributed by atoms with Gasteiger partial charge >= 0.3 is 0 Å². The maximum atomic E-state index is 5.73. The zero-order chi connectivity index (χ0) is 14.5. The van der Waals surface area contributed by atoms with Crippen molar-refractivity contribution >= 4 is 11.6 Å². The van der Waals surface area contributed by atoms with Crippen LogP contribution < -0.4 is 16.4 Å². The normalized spacial score (nSPS) is 11.7. The Bertz CT molecular complexity index is 401. The number of aryl methyl sites for hydroxylation is 1. The number of nitrogens with two attached hydrogens (primary N) is 1. The van der Waals surface area contributed by atoms with E-state index in [0.29, 0.717) is 12.5 Å². The molecule has 0 atom stereocenters. The molecule has 1 aromatic rings. The molecular weight excluding hydrogens is 238 g/mol. The predicted molar refractivity (Wildman–Crippen MR) is 81.4 cm³/mol. The highest BCUT2D eigenvalue weighted by atomic mass is 15.1. The van der Waals surface area contributed by atoms with Crippen LogP contribution in [-0.4, -0.2) is 29.6 Å². The van der Waals surface area contributed by atoms with Crippen LogP contribution in [0.25, 0.3) is 0 Å². The largest absolute Gasteiger partial charge is 0.370 e.